The number of hydrogen-bond donors (Lipinski definition) is 2. The minimum absolute atomic E-state index is 0.0278. The van der Waals surface area contributed by atoms with E-state index in [9.17, 15) is 4.79 Å². The highest BCUT2D eigenvalue weighted by Gasteiger charge is 2.28. The number of aromatic amines is 1. The second-order valence-corrected chi connectivity index (χ2v) is 8.08. The summed E-state index contributed by atoms with van der Waals surface area (Å²) in [5, 5.41) is 3.24. The van der Waals surface area contributed by atoms with Crippen LogP contribution < -0.4 is 5.32 Å². The fourth-order valence-electron chi connectivity index (χ4n) is 4.19. The lowest BCUT2D eigenvalue weighted by molar-refractivity contribution is -0.127. The number of amides is 1. The number of likely N-dealkylation sites (tertiary alicyclic amines) is 1. The fraction of sp³-hybridized carbons (Fsp3) is 0.360. The van der Waals surface area contributed by atoms with Gasteiger partial charge in [-0.2, -0.15) is 0 Å². The highest BCUT2D eigenvalue weighted by molar-refractivity contribution is 5.79. The first-order valence-electron chi connectivity index (χ1n) is 10.9. The monoisotopic (exact) mass is 402 g/mol. The first kappa shape index (κ1) is 20.4. The zero-order valence-corrected chi connectivity index (χ0v) is 17.6. The average molecular weight is 403 g/mol. The quantitative estimate of drug-likeness (QED) is 0.609. The summed E-state index contributed by atoms with van der Waals surface area (Å²) in [6.45, 7) is 4.85. The maximum absolute atomic E-state index is 13.0. The zero-order valence-electron chi connectivity index (χ0n) is 17.6. The second kappa shape index (κ2) is 9.72. The lowest BCUT2D eigenvalue weighted by Crippen LogP contribution is -2.43. The van der Waals surface area contributed by atoms with Crippen molar-refractivity contribution in [2.24, 2.45) is 5.92 Å². The standard InChI is InChI=1S/C25H30N4O/c1-2-22(24-26-16-23(27-24)20-12-7-4-8-13-20)28-25(30)21-14-9-15-29(18-21)17-19-10-5-3-6-11-19/h3-8,10-13,16,21-22H,2,9,14-15,17-18H2,1H3,(H,26,27)(H,28,30). The Morgan fingerprint density at radius 1 is 1.17 bits per heavy atom. The Morgan fingerprint density at radius 3 is 2.63 bits per heavy atom. The predicted molar refractivity (Wildman–Crippen MR) is 120 cm³/mol. The summed E-state index contributed by atoms with van der Waals surface area (Å²) in [6, 6.07) is 20.5. The number of nitrogens with zero attached hydrogens (tertiary/aromatic N) is 2. The van der Waals surface area contributed by atoms with E-state index in [1.165, 1.54) is 5.56 Å². The number of rotatable bonds is 7. The third-order valence-electron chi connectivity index (χ3n) is 5.86. The van der Waals surface area contributed by atoms with Gasteiger partial charge in [0.25, 0.3) is 0 Å². The number of hydrogen-bond acceptors (Lipinski definition) is 3. The highest BCUT2D eigenvalue weighted by atomic mass is 16.2. The minimum atomic E-state index is -0.0977. The van der Waals surface area contributed by atoms with Crippen LogP contribution in [0.2, 0.25) is 0 Å². The molecule has 0 radical (unpaired) electrons. The lowest BCUT2D eigenvalue weighted by Gasteiger charge is -2.32. The van der Waals surface area contributed by atoms with Gasteiger partial charge in [-0.3, -0.25) is 9.69 Å². The molecule has 2 unspecified atom stereocenters. The van der Waals surface area contributed by atoms with Gasteiger partial charge in [0.1, 0.15) is 5.82 Å². The maximum atomic E-state index is 13.0. The van der Waals surface area contributed by atoms with Crippen molar-refractivity contribution in [3.63, 3.8) is 0 Å². The van der Waals surface area contributed by atoms with Crippen LogP contribution in [0.15, 0.2) is 66.9 Å². The lowest BCUT2D eigenvalue weighted by atomic mass is 9.96. The van der Waals surface area contributed by atoms with Gasteiger partial charge in [0.15, 0.2) is 0 Å². The zero-order chi connectivity index (χ0) is 20.8. The van der Waals surface area contributed by atoms with E-state index in [-0.39, 0.29) is 17.9 Å². The van der Waals surface area contributed by atoms with Crippen molar-refractivity contribution in [2.45, 2.75) is 38.8 Å². The van der Waals surface area contributed by atoms with Crippen LogP contribution in [-0.2, 0) is 11.3 Å². The highest BCUT2D eigenvalue weighted by Crippen LogP contribution is 2.23. The molecular formula is C25H30N4O. The molecule has 5 heteroatoms. The van der Waals surface area contributed by atoms with Crippen LogP contribution in [0.3, 0.4) is 0 Å². The SMILES string of the molecule is CCC(NC(=O)C1CCCN(Cc2ccccc2)C1)c1ncc(-c2ccccc2)[nH]1. The van der Waals surface area contributed by atoms with E-state index < -0.39 is 0 Å². The normalized spacial score (nSPS) is 18.1. The molecule has 156 valence electrons. The van der Waals surface area contributed by atoms with Gasteiger partial charge in [0.2, 0.25) is 5.91 Å². The third kappa shape index (κ3) is 4.97. The van der Waals surface area contributed by atoms with Crippen molar-refractivity contribution < 1.29 is 4.79 Å². The Labute approximate surface area is 178 Å². The first-order chi connectivity index (χ1) is 14.7. The number of imidazole rings is 1. The predicted octanol–water partition coefficient (Wildman–Crippen LogP) is 4.56. The second-order valence-electron chi connectivity index (χ2n) is 8.08. The van der Waals surface area contributed by atoms with Crippen LogP contribution in [0.5, 0.6) is 0 Å². The minimum Gasteiger partial charge on any atom is -0.346 e. The van der Waals surface area contributed by atoms with Gasteiger partial charge < -0.3 is 10.3 Å². The van der Waals surface area contributed by atoms with Gasteiger partial charge in [0.05, 0.1) is 23.9 Å². The van der Waals surface area contributed by atoms with Crippen molar-refractivity contribution in [2.75, 3.05) is 13.1 Å². The molecule has 30 heavy (non-hydrogen) atoms. The van der Waals surface area contributed by atoms with Gasteiger partial charge in [0, 0.05) is 13.1 Å². The molecule has 2 N–H and O–H groups in total. The van der Waals surface area contributed by atoms with Crippen LogP contribution in [0.4, 0.5) is 0 Å². The van der Waals surface area contributed by atoms with Crippen LogP contribution in [-0.4, -0.2) is 33.9 Å². The Hall–Kier alpha value is -2.92. The van der Waals surface area contributed by atoms with Crippen LogP contribution in [0, 0.1) is 5.92 Å². The molecule has 0 spiro atoms. The van der Waals surface area contributed by atoms with Gasteiger partial charge >= 0.3 is 0 Å². The van der Waals surface area contributed by atoms with E-state index in [1.54, 1.807) is 0 Å². The summed E-state index contributed by atoms with van der Waals surface area (Å²) in [5.74, 6) is 0.985. The van der Waals surface area contributed by atoms with E-state index in [0.717, 1.165) is 56.0 Å². The summed E-state index contributed by atoms with van der Waals surface area (Å²) in [6.07, 6.45) is 4.65. The largest absolute Gasteiger partial charge is 0.346 e. The van der Waals surface area contributed by atoms with Crippen molar-refractivity contribution in [3.05, 3.63) is 78.2 Å². The number of carbonyl (C=O) groups excluding carboxylic acids is 1. The molecule has 2 aromatic carbocycles. The smallest absolute Gasteiger partial charge is 0.224 e. The van der Waals surface area contributed by atoms with Crippen molar-refractivity contribution in [3.8, 4) is 11.3 Å². The van der Waals surface area contributed by atoms with Crippen molar-refractivity contribution in [1.82, 2.24) is 20.2 Å². The van der Waals surface area contributed by atoms with E-state index in [1.807, 2.05) is 30.5 Å². The summed E-state index contributed by atoms with van der Waals surface area (Å²) in [7, 11) is 0. The molecule has 1 fully saturated rings. The van der Waals surface area contributed by atoms with Gasteiger partial charge in [-0.15, -0.1) is 0 Å². The Kier molecular flexibility index (Phi) is 6.60. The molecule has 2 atom stereocenters. The topological polar surface area (TPSA) is 61.0 Å². The Morgan fingerprint density at radius 2 is 1.90 bits per heavy atom. The molecule has 1 aromatic heterocycles. The molecule has 1 aliphatic rings. The average Bonchev–Trinajstić information content (AvgIpc) is 3.29. The summed E-state index contributed by atoms with van der Waals surface area (Å²) < 4.78 is 0. The molecule has 5 nitrogen and oxygen atoms in total. The molecule has 0 saturated carbocycles. The molecule has 3 aromatic rings. The van der Waals surface area contributed by atoms with E-state index in [2.05, 4.69) is 63.5 Å². The molecule has 0 aliphatic carbocycles. The Balaban J connectivity index is 1.37. The number of H-pyrrole nitrogens is 1. The maximum Gasteiger partial charge on any atom is 0.224 e. The van der Waals surface area contributed by atoms with E-state index >= 15 is 0 Å². The molecule has 1 saturated heterocycles. The molecular weight excluding hydrogens is 372 g/mol. The number of aromatic nitrogens is 2. The van der Waals surface area contributed by atoms with Crippen LogP contribution in [0.1, 0.15) is 43.6 Å². The number of piperidine rings is 1. The molecule has 1 aliphatic heterocycles. The number of benzene rings is 2. The summed E-state index contributed by atoms with van der Waals surface area (Å²) in [4.78, 5) is 23.4. The van der Waals surface area contributed by atoms with Gasteiger partial charge in [-0.05, 0) is 36.9 Å². The molecule has 2 heterocycles. The Bertz CT molecular complexity index is 938. The molecule has 0 bridgehead atoms. The summed E-state index contributed by atoms with van der Waals surface area (Å²) >= 11 is 0. The fourth-order valence-corrected chi connectivity index (χ4v) is 4.19. The van der Waals surface area contributed by atoms with E-state index in [4.69, 9.17) is 0 Å². The van der Waals surface area contributed by atoms with Crippen molar-refractivity contribution in [1.29, 1.82) is 0 Å². The van der Waals surface area contributed by atoms with Gasteiger partial charge in [-0.25, -0.2) is 4.98 Å². The van der Waals surface area contributed by atoms with Crippen molar-refractivity contribution >= 4 is 5.91 Å². The molecule has 1 amide bonds. The molecule has 4 rings (SSSR count). The summed E-state index contributed by atoms with van der Waals surface area (Å²) in [5.41, 5.74) is 3.38. The van der Waals surface area contributed by atoms with Crippen LogP contribution >= 0.6 is 0 Å². The number of carbonyl (C=O) groups is 1. The third-order valence-corrected chi connectivity index (χ3v) is 5.86. The first-order valence-corrected chi connectivity index (χ1v) is 10.9. The van der Waals surface area contributed by atoms with Crippen LogP contribution in [0.25, 0.3) is 11.3 Å². The van der Waals surface area contributed by atoms with Gasteiger partial charge in [-0.1, -0.05) is 67.6 Å². The number of nitrogens with one attached hydrogen (secondary N) is 2. The van der Waals surface area contributed by atoms with E-state index in [0.29, 0.717) is 0 Å².